The molecule has 0 amide bonds. The summed E-state index contributed by atoms with van der Waals surface area (Å²) in [6, 6.07) is 6.00. The van der Waals surface area contributed by atoms with E-state index in [2.05, 4.69) is 34.3 Å². The number of aryl methyl sites for hydroxylation is 1. The van der Waals surface area contributed by atoms with E-state index in [-0.39, 0.29) is 0 Å². The largest absolute Gasteiger partial charge is 0.331 e. The van der Waals surface area contributed by atoms with Gasteiger partial charge in [0.2, 0.25) is 0 Å². The number of allylic oxidation sites excluding steroid dienone is 3. The van der Waals surface area contributed by atoms with E-state index < -0.39 is 0 Å². The van der Waals surface area contributed by atoms with Gasteiger partial charge in [-0.2, -0.15) is 0 Å². The highest BCUT2D eigenvalue weighted by Crippen LogP contribution is 2.24. The van der Waals surface area contributed by atoms with Crippen molar-refractivity contribution in [3.63, 3.8) is 0 Å². The average Bonchev–Trinajstić information content (AvgIpc) is 2.83. The van der Waals surface area contributed by atoms with Gasteiger partial charge < -0.3 is 4.57 Å². The topological polar surface area (TPSA) is 17.8 Å². The van der Waals surface area contributed by atoms with Crippen LogP contribution in [-0.2, 0) is 13.0 Å². The first-order valence-electron chi connectivity index (χ1n) is 6.67. The molecule has 1 heterocycles. The first-order chi connectivity index (χ1) is 9.61. The minimum absolute atomic E-state index is 0.731. The number of hydrogen-bond donors (Lipinski definition) is 0. The second kappa shape index (κ2) is 6.58. The van der Waals surface area contributed by atoms with Gasteiger partial charge in [-0.25, -0.2) is 4.98 Å². The number of rotatable bonds is 5. The van der Waals surface area contributed by atoms with Gasteiger partial charge >= 0.3 is 0 Å². The summed E-state index contributed by atoms with van der Waals surface area (Å²) in [7, 11) is 0. The van der Waals surface area contributed by atoms with Gasteiger partial charge in [-0.05, 0) is 49.1 Å². The molecule has 3 heteroatoms. The highest BCUT2D eigenvalue weighted by molar-refractivity contribution is 6.30. The van der Waals surface area contributed by atoms with E-state index in [1.165, 1.54) is 5.56 Å². The van der Waals surface area contributed by atoms with Crippen molar-refractivity contribution in [2.24, 2.45) is 0 Å². The standard InChI is InChI=1S/C17H19ClN2/c1-4-5-6-15-7-8-16(18)11-17(15)13(2)12-20-10-9-19-14(20)3/h4-5,7-11H,2,6,12H2,1,3H3/b5-4+. The molecule has 1 aromatic carbocycles. The van der Waals surface area contributed by atoms with Crippen molar-refractivity contribution in [3.05, 3.63) is 71.3 Å². The molecular formula is C17H19ClN2. The fraction of sp³-hybridized carbons (Fsp3) is 0.235. The predicted octanol–water partition coefficient (Wildman–Crippen LogP) is 4.68. The van der Waals surface area contributed by atoms with Crippen molar-refractivity contribution in [2.45, 2.75) is 26.8 Å². The van der Waals surface area contributed by atoms with Crippen molar-refractivity contribution in [3.8, 4) is 0 Å². The summed E-state index contributed by atoms with van der Waals surface area (Å²) in [4.78, 5) is 4.24. The van der Waals surface area contributed by atoms with Crippen LogP contribution in [0.5, 0.6) is 0 Å². The van der Waals surface area contributed by atoms with Gasteiger partial charge in [0.25, 0.3) is 0 Å². The van der Waals surface area contributed by atoms with E-state index in [9.17, 15) is 0 Å². The lowest BCUT2D eigenvalue weighted by Crippen LogP contribution is -2.03. The van der Waals surface area contributed by atoms with Gasteiger partial charge in [0, 0.05) is 24.0 Å². The minimum Gasteiger partial charge on any atom is -0.331 e. The smallest absolute Gasteiger partial charge is 0.105 e. The summed E-state index contributed by atoms with van der Waals surface area (Å²) < 4.78 is 2.09. The molecule has 0 saturated heterocycles. The molecule has 0 radical (unpaired) electrons. The van der Waals surface area contributed by atoms with E-state index >= 15 is 0 Å². The summed E-state index contributed by atoms with van der Waals surface area (Å²) in [5.41, 5.74) is 3.42. The number of hydrogen-bond acceptors (Lipinski definition) is 1. The Bertz CT molecular complexity index is 638. The third-order valence-corrected chi connectivity index (χ3v) is 3.55. The van der Waals surface area contributed by atoms with Gasteiger partial charge in [0.1, 0.15) is 5.82 Å². The summed E-state index contributed by atoms with van der Waals surface area (Å²) in [6.07, 6.45) is 8.87. The Balaban J connectivity index is 2.28. The van der Waals surface area contributed by atoms with Crippen molar-refractivity contribution in [2.75, 3.05) is 0 Å². The molecule has 0 saturated carbocycles. The Morgan fingerprint density at radius 1 is 1.45 bits per heavy atom. The molecule has 0 atom stereocenters. The van der Waals surface area contributed by atoms with Crippen LogP contribution in [0.25, 0.3) is 5.57 Å². The maximum absolute atomic E-state index is 6.13. The summed E-state index contributed by atoms with van der Waals surface area (Å²) in [5.74, 6) is 0.989. The molecule has 0 fully saturated rings. The highest BCUT2D eigenvalue weighted by atomic mass is 35.5. The predicted molar refractivity (Wildman–Crippen MR) is 86.0 cm³/mol. The van der Waals surface area contributed by atoms with Crippen molar-refractivity contribution < 1.29 is 0 Å². The molecule has 0 aliphatic heterocycles. The molecule has 0 aliphatic rings. The number of benzene rings is 1. The lowest BCUT2D eigenvalue weighted by atomic mass is 9.98. The highest BCUT2D eigenvalue weighted by Gasteiger charge is 2.08. The van der Waals surface area contributed by atoms with E-state index in [0.29, 0.717) is 0 Å². The second-order valence-electron chi connectivity index (χ2n) is 4.78. The molecule has 0 aliphatic carbocycles. The summed E-state index contributed by atoms with van der Waals surface area (Å²) >= 11 is 6.13. The molecule has 1 aromatic heterocycles. The maximum atomic E-state index is 6.13. The van der Waals surface area contributed by atoms with Gasteiger partial charge in [0.05, 0.1) is 0 Å². The molecule has 2 nitrogen and oxygen atoms in total. The SMILES string of the molecule is C=C(Cn1ccnc1C)c1cc(Cl)ccc1C/C=C/C. The van der Waals surface area contributed by atoms with E-state index in [1.807, 2.05) is 32.2 Å². The number of nitrogens with zero attached hydrogens (tertiary/aromatic N) is 2. The van der Waals surface area contributed by atoms with Crippen molar-refractivity contribution in [1.82, 2.24) is 9.55 Å². The number of imidazole rings is 1. The molecule has 0 bridgehead atoms. The zero-order valence-corrected chi connectivity index (χ0v) is 12.7. The molecule has 2 rings (SSSR count). The summed E-state index contributed by atoms with van der Waals surface area (Å²) in [5, 5.41) is 0.743. The molecule has 104 valence electrons. The number of halogens is 1. The van der Waals surface area contributed by atoms with Crippen LogP contribution in [0.2, 0.25) is 5.02 Å². The molecule has 0 unspecified atom stereocenters. The maximum Gasteiger partial charge on any atom is 0.105 e. The van der Waals surface area contributed by atoms with Crippen molar-refractivity contribution >= 4 is 17.2 Å². The Morgan fingerprint density at radius 2 is 2.25 bits per heavy atom. The second-order valence-corrected chi connectivity index (χ2v) is 5.22. The molecule has 20 heavy (non-hydrogen) atoms. The van der Waals surface area contributed by atoms with Crippen LogP contribution in [0.4, 0.5) is 0 Å². The first kappa shape index (κ1) is 14.6. The fourth-order valence-electron chi connectivity index (χ4n) is 2.16. The van der Waals surface area contributed by atoms with E-state index in [4.69, 9.17) is 11.6 Å². The Morgan fingerprint density at radius 3 is 2.90 bits per heavy atom. The van der Waals surface area contributed by atoms with E-state index in [0.717, 1.165) is 34.9 Å². The third kappa shape index (κ3) is 3.40. The van der Waals surface area contributed by atoms with Gasteiger partial charge in [-0.1, -0.05) is 36.4 Å². The van der Waals surface area contributed by atoms with Crippen LogP contribution < -0.4 is 0 Å². The molecule has 0 spiro atoms. The quantitative estimate of drug-likeness (QED) is 0.730. The minimum atomic E-state index is 0.731. The van der Waals surface area contributed by atoms with Gasteiger partial charge in [0.15, 0.2) is 0 Å². The molecule has 0 N–H and O–H groups in total. The monoisotopic (exact) mass is 286 g/mol. The zero-order chi connectivity index (χ0) is 14.5. The van der Waals surface area contributed by atoms with Crippen molar-refractivity contribution in [1.29, 1.82) is 0 Å². The fourth-order valence-corrected chi connectivity index (χ4v) is 2.33. The molecule has 2 aromatic rings. The lowest BCUT2D eigenvalue weighted by Gasteiger charge is -2.13. The van der Waals surface area contributed by atoms with Gasteiger partial charge in [-0.15, -0.1) is 0 Å². The van der Waals surface area contributed by atoms with Crippen LogP contribution in [0, 0.1) is 6.92 Å². The van der Waals surface area contributed by atoms with Gasteiger partial charge in [-0.3, -0.25) is 0 Å². The van der Waals surface area contributed by atoms with Crippen LogP contribution in [0.15, 0.2) is 49.3 Å². The Labute approximate surface area is 125 Å². The van der Waals surface area contributed by atoms with Crippen LogP contribution >= 0.6 is 11.6 Å². The number of aromatic nitrogens is 2. The Hall–Kier alpha value is -1.80. The normalized spacial score (nSPS) is 11.2. The van der Waals surface area contributed by atoms with Crippen LogP contribution in [0.1, 0.15) is 23.9 Å². The van der Waals surface area contributed by atoms with Crippen LogP contribution in [-0.4, -0.2) is 9.55 Å². The average molecular weight is 287 g/mol. The van der Waals surface area contributed by atoms with E-state index in [1.54, 1.807) is 6.20 Å². The third-order valence-electron chi connectivity index (χ3n) is 3.31. The zero-order valence-electron chi connectivity index (χ0n) is 11.9. The van der Waals surface area contributed by atoms with Crippen LogP contribution in [0.3, 0.4) is 0 Å². The summed E-state index contributed by atoms with van der Waals surface area (Å²) in [6.45, 7) is 8.97. The first-order valence-corrected chi connectivity index (χ1v) is 7.05. The lowest BCUT2D eigenvalue weighted by molar-refractivity contribution is 0.793. The molecular weight excluding hydrogens is 268 g/mol. The Kier molecular flexibility index (Phi) is 4.80.